The Morgan fingerprint density at radius 3 is 2.14 bits per heavy atom. The van der Waals surface area contributed by atoms with Crippen LogP contribution in [0.4, 0.5) is 0 Å². The predicted molar refractivity (Wildman–Crippen MR) is 153 cm³/mol. The van der Waals surface area contributed by atoms with Crippen molar-refractivity contribution in [3.05, 3.63) is 98.8 Å². The average Bonchev–Trinajstić information content (AvgIpc) is 3.52. The van der Waals surface area contributed by atoms with Crippen molar-refractivity contribution < 1.29 is 21.0 Å². The van der Waals surface area contributed by atoms with E-state index in [1.165, 1.54) is 32.0 Å². The second-order valence-corrected chi connectivity index (χ2v) is 23.5. The molecule has 0 saturated heterocycles. The molecule has 2 aliphatic carbocycles. The van der Waals surface area contributed by atoms with Crippen molar-refractivity contribution in [3.8, 4) is 11.1 Å². The number of allylic oxidation sites excluding steroid dienone is 4. The van der Waals surface area contributed by atoms with Crippen molar-refractivity contribution in [2.75, 3.05) is 0 Å². The minimum absolute atomic E-state index is 0.128. The zero-order chi connectivity index (χ0) is 25.1. The van der Waals surface area contributed by atoms with Gasteiger partial charge in [0.05, 0.1) is 0 Å². The summed E-state index contributed by atoms with van der Waals surface area (Å²) >= 11 is -0.587. The molecule has 3 aromatic rings. The zero-order valence-corrected chi connectivity index (χ0v) is 27.0. The third-order valence-corrected chi connectivity index (χ3v) is 21.0. The van der Waals surface area contributed by atoms with Crippen LogP contribution >= 0.6 is 11.3 Å². The topological polar surface area (TPSA) is 0 Å². The SMILES string of the molecule is C[C](c1ccc(C)s1)=[Hf]([c]1c(C(C)(C)C)ccc2c1Cc1cc(C(C)(C)C)ccc1-2)[CH]1C=CC=C1. The Bertz CT molecular complexity index is 1380. The van der Waals surface area contributed by atoms with E-state index < -0.39 is 21.0 Å². The molecule has 0 atom stereocenters. The van der Waals surface area contributed by atoms with E-state index in [1.807, 2.05) is 11.3 Å². The molecular weight excluding hydrogens is 607 g/mol. The number of aryl methyl sites for hydroxylation is 1. The third-order valence-electron chi connectivity index (χ3n) is 7.61. The summed E-state index contributed by atoms with van der Waals surface area (Å²) in [6.07, 6.45) is 10.6. The van der Waals surface area contributed by atoms with Crippen molar-refractivity contribution in [1.29, 1.82) is 0 Å². The summed E-state index contributed by atoms with van der Waals surface area (Å²) in [5.74, 6) is 0. The zero-order valence-electron chi connectivity index (χ0n) is 22.5. The monoisotopic (exact) mass is 646 g/mol. The van der Waals surface area contributed by atoms with Crippen molar-refractivity contribution in [1.82, 2.24) is 0 Å². The quantitative estimate of drug-likeness (QED) is 0.196. The summed E-state index contributed by atoms with van der Waals surface area (Å²) in [5.41, 5.74) is 9.45. The van der Waals surface area contributed by atoms with E-state index in [-0.39, 0.29) is 10.8 Å². The van der Waals surface area contributed by atoms with Gasteiger partial charge in [-0.25, -0.2) is 0 Å². The molecule has 1 aromatic heterocycles. The third kappa shape index (κ3) is 4.62. The van der Waals surface area contributed by atoms with Gasteiger partial charge in [-0.15, -0.1) is 0 Å². The minimum atomic E-state index is -2.57. The molecule has 0 spiro atoms. The molecule has 35 heavy (non-hydrogen) atoms. The van der Waals surface area contributed by atoms with Crippen LogP contribution in [0.25, 0.3) is 11.1 Å². The van der Waals surface area contributed by atoms with E-state index >= 15 is 0 Å². The summed E-state index contributed by atoms with van der Waals surface area (Å²) in [7, 11) is 0. The maximum absolute atomic E-state index is 2.57. The van der Waals surface area contributed by atoms with Crippen molar-refractivity contribution in [2.24, 2.45) is 0 Å². The molecule has 1 heterocycles. The number of rotatable bonds is 3. The van der Waals surface area contributed by atoms with Gasteiger partial charge in [0.1, 0.15) is 0 Å². The summed E-state index contributed by atoms with van der Waals surface area (Å²) in [6, 6.07) is 16.9. The van der Waals surface area contributed by atoms with Gasteiger partial charge in [-0.05, 0) is 0 Å². The first kappa shape index (κ1) is 25.0. The van der Waals surface area contributed by atoms with Crippen molar-refractivity contribution >= 4 is 17.9 Å². The van der Waals surface area contributed by atoms with Crippen LogP contribution < -0.4 is 3.32 Å². The average molecular weight is 645 g/mol. The molecule has 0 fully saturated rings. The summed E-state index contributed by atoms with van der Waals surface area (Å²) in [5, 5.41) is 0. The van der Waals surface area contributed by atoms with Gasteiger partial charge in [0.2, 0.25) is 0 Å². The molecule has 180 valence electrons. The first-order chi connectivity index (χ1) is 16.4. The van der Waals surface area contributed by atoms with Crippen LogP contribution in [-0.2, 0) is 38.2 Å². The Balaban J connectivity index is 1.80. The van der Waals surface area contributed by atoms with E-state index in [9.17, 15) is 0 Å². The van der Waals surface area contributed by atoms with Crippen LogP contribution in [0.2, 0.25) is 3.67 Å². The van der Waals surface area contributed by atoms with Gasteiger partial charge in [-0.2, -0.15) is 0 Å². The van der Waals surface area contributed by atoms with Gasteiger partial charge < -0.3 is 0 Å². The van der Waals surface area contributed by atoms with E-state index in [0.29, 0.717) is 3.67 Å². The van der Waals surface area contributed by atoms with E-state index in [1.54, 1.807) is 17.7 Å². The molecule has 2 aliphatic rings. The normalized spacial score (nSPS) is 16.0. The molecule has 0 saturated carbocycles. The Morgan fingerprint density at radius 2 is 1.54 bits per heavy atom. The van der Waals surface area contributed by atoms with Crippen LogP contribution in [0.3, 0.4) is 0 Å². The standard InChI is InChI=1S/C21H25.C7H8S.C5H5.Hf/c1-20(2,3)16-7-9-18-14(12-16)11-15-13-17(21(4,5)6)8-10-19(15)18;1-3-7-5-4-6(2)8-7;1-2-4-5-3-1;/h7-10,12H,11H2,1-6H3;4-5H,1-2H3;1-5H;. The maximum atomic E-state index is 2.50. The second kappa shape index (κ2) is 9.03. The van der Waals surface area contributed by atoms with Gasteiger partial charge in [-0.1, -0.05) is 0 Å². The first-order valence-electron chi connectivity index (χ1n) is 12.9. The number of hydrogen-bond donors (Lipinski definition) is 0. The number of hydrogen-bond acceptors (Lipinski definition) is 1. The molecule has 2 heteroatoms. The van der Waals surface area contributed by atoms with Gasteiger partial charge in [0.25, 0.3) is 0 Å². The first-order valence-corrected chi connectivity index (χ1v) is 19.4. The summed E-state index contributed by atoms with van der Waals surface area (Å²) in [4.78, 5) is 2.93. The number of benzene rings is 2. The van der Waals surface area contributed by atoms with Gasteiger partial charge in [0.15, 0.2) is 0 Å². The van der Waals surface area contributed by atoms with Crippen LogP contribution in [-0.4, -0.2) is 3.26 Å². The van der Waals surface area contributed by atoms with Crippen LogP contribution in [0.5, 0.6) is 0 Å². The number of fused-ring (bicyclic) bond motifs is 3. The fraction of sp³-hybridized carbons (Fsp3) is 0.364. The fourth-order valence-corrected chi connectivity index (χ4v) is 20.3. The molecule has 0 bridgehead atoms. The van der Waals surface area contributed by atoms with E-state index in [2.05, 4.69) is 122 Å². The summed E-state index contributed by atoms with van der Waals surface area (Å²) < 4.78 is 4.08. The Morgan fingerprint density at radius 1 is 0.857 bits per heavy atom. The van der Waals surface area contributed by atoms with Crippen LogP contribution in [0.15, 0.2) is 66.8 Å². The molecule has 0 amide bonds. The Labute approximate surface area is 223 Å². The fourth-order valence-electron chi connectivity index (χ4n) is 5.67. The van der Waals surface area contributed by atoms with Crippen LogP contribution in [0.1, 0.15) is 80.5 Å². The molecule has 2 aromatic carbocycles. The Hall–Kier alpha value is -1.64. The number of thiophene rings is 1. The molecule has 5 rings (SSSR count). The van der Waals surface area contributed by atoms with Crippen molar-refractivity contribution in [3.63, 3.8) is 0 Å². The Kier molecular flexibility index (Phi) is 6.46. The molecule has 0 aliphatic heterocycles. The van der Waals surface area contributed by atoms with Gasteiger partial charge in [-0.3, -0.25) is 0 Å². The predicted octanol–water partition coefficient (Wildman–Crippen LogP) is 8.62. The molecule has 0 nitrogen and oxygen atoms in total. The van der Waals surface area contributed by atoms with Gasteiger partial charge in [0, 0.05) is 0 Å². The summed E-state index contributed by atoms with van der Waals surface area (Å²) in [6.45, 7) is 18.9. The molecule has 0 N–H and O–H groups in total. The molecular formula is C33H38HfS. The second-order valence-electron chi connectivity index (χ2n) is 12.3. The van der Waals surface area contributed by atoms with Crippen LogP contribution in [0, 0.1) is 6.92 Å². The van der Waals surface area contributed by atoms with E-state index in [4.69, 9.17) is 0 Å². The molecule has 0 radical (unpaired) electrons. The van der Waals surface area contributed by atoms with Crippen molar-refractivity contribution in [2.45, 2.75) is 76.3 Å². The molecule has 0 unspecified atom stereocenters. The van der Waals surface area contributed by atoms with E-state index in [0.717, 1.165) is 6.42 Å². The van der Waals surface area contributed by atoms with Gasteiger partial charge >= 0.3 is 225 Å².